The Bertz CT molecular complexity index is 3080. The number of aryl methyl sites for hydroxylation is 1. The van der Waals surface area contributed by atoms with E-state index in [4.69, 9.17) is 0 Å². The molecule has 6 aromatic carbocycles. The molecule has 0 unspecified atom stereocenters. The first kappa shape index (κ1) is 43.5. The Kier molecular flexibility index (Phi) is 8.82. The number of hydrogen-bond acceptors (Lipinski definition) is 2. The van der Waals surface area contributed by atoms with Crippen LogP contribution >= 0.6 is 0 Å². The zero-order valence-electron chi connectivity index (χ0n) is 43.3. The first-order chi connectivity index (χ1) is 30.6. The standard InChI is InChI=1S/C63H73BN2/c1-37-29-43-45(60(10,11)28-27-59(43,8)9)34-50(37)66-52-35-46-44(61(12,13)36-62(46,14)15)33-48(52)64-47-26-25-38(57(2,3)4)30-51(47)65(53-31-39(58(5,6)7)32-54(66)56(53)64)49-24-20-23-42-55(49)40-21-18-19-22-41(40)63(42,16)17/h18-26,29-35H,27-28,36H2,1-17H3. The summed E-state index contributed by atoms with van der Waals surface area (Å²) in [5.41, 5.74) is 27.8. The second kappa shape index (κ2) is 13.4. The summed E-state index contributed by atoms with van der Waals surface area (Å²) in [5.74, 6) is 0. The van der Waals surface area contributed by atoms with Gasteiger partial charge in [0.2, 0.25) is 0 Å². The highest BCUT2D eigenvalue weighted by Gasteiger charge is 2.50. The minimum absolute atomic E-state index is 0.0311. The number of anilines is 6. The summed E-state index contributed by atoms with van der Waals surface area (Å²) in [6.45, 7) is 41.5. The van der Waals surface area contributed by atoms with Crippen LogP contribution in [0.3, 0.4) is 0 Å². The predicted octanol–water partition coefficient (Wildman–Crippen LogP) is 15.3. The monoisotopic (exact) mass is 869 g/mol. The molecule has 0 saturated carbocycles. The molecule has 0 fully saturated rings. The highest BCUT2D eigenvalue weighted by molar-refractivity contribution is 7.00. The molecule has 6 aromatic rings. The number of fused-ring (bicyclic) bond motifs is 9. The molecule has 0 atom stereocenters. The van der Waals surface area contributed by atoms with Crippen LogP contribution in [-0.2, 0) is 37.9 Å². The molecule has 3 aliphatic carbocycles. The Morgan fingerprint density at radius 3 is 1.59 bits per heavy atom. The largest absolute Gasteiger partial charge is 0.311 e. The van der Waals surface area contributed by atoms with Gasteiger partial charge in [0, 0.05) is 39.4 Å². The fourth-order valence-corrected chi connectivity index (χ4v) is 13.7. The average molecular weight is 869 g/mol. The van der Waals surface area contributed by atoms with Gasteiger partial charge in [0.15, 0.2) is 0 Å². The Morgan fingerprint density at radius 1 is 0.439 bits per heavy atom. The van der Waals surface area contributed by atoms with Gasteiger partial charge in [0.25, 0.3) is 6.71 Å². The number of hydrogen-bond donors (Lipinski definition) is 0. The quantitative estimate of drug-likeness (QED) is 0.160. The van der Waals surface area contributed by atoms with E-state index in [1.807, 2.05) is 0 Å². The van der Waals surface area contributed by atoms with Gasteiger partial charge < -0.3 is 9.80 Å². The second-order valence-corrected chi connectivity index (χ2v) is 26.5. The highest BCUT2D eigenvalue weighted by atomic mass is 15.2. The van der Waals surface area contributed by atoms with Crippen LogP contribution in [0.2, 0.25) is 0 Å². The summed E-state index contributed by atoms with van der Waals surface area (Å²) in [6.07, 6.45) is 3.52. The molecule has 3 heteroatoms. The molecule has 0 saturated heterocycles. The Balaban J connectivity index is 1.31. The van der Waals surface area contributed by atoms with Crippen LogP contribution in [0.5, 0.6) is 0 Å². The van der Waals surface area contributed by atoms with Gasteiger partial charge >= 0.3 is 0 Å². The summed E-state index contributed by atoms with van der Waals surface area (Å²) >= 11 is 0. The molecular weight excluding hydrogens is 796 g/mol. The SMILES string of the molecule is Cc1cc2c(cc1N1c3cc4c(cc3B3c5ccc(C(C)(C)C)cc5N(c5cccc6c5-c5ccccc5C6(C)C)c5cc(C(C)(C)C)cc1c53)C(C)(C)CC4(C)C)C(C)(C)CCC2(C)C. The lowest BCUT2D eigenvalue weighted by molar-refractivity contribution is 0.332. The summed E-state index contributed by atoms with van der Waals surface area (Å²) in [7, 11) is 0. The highest BCUT2D eigenvalue weighted by Crippen LogP contribution is 2.58. The normalized spacial score (nSPS) is 19.6. The molecule has 11 rings (SSSR count). The third-order valence-electron chi connectivity index (χ3n) is 17.5. The summed E-state index contributed by atoms with van der Waals surface area (Å²) < 4.78 is 0. The van der Waals surface area contributed by atoms with Crippen molar-refractivity contribution in [3.05, 3.63) is 147 Å². The van der Waals surface area contributed by atoms with Crippen molar-refractivity contribution >= 4 is 57.2 Å². The number of rotatable bonds is 2. The maximum Gasteiger partial charge on any atom is 0.252 e. The summed E-state index contributed by atoms with van der Waals surface area (Å²) in [6, 6.07) is 39.6. The molecular formula is C63H73BN2. The van der Waals surface area contributed by atoms with E-state index >= 15 is 0 Å². The van der Waals surface area contributed by atoms with Crippen molar-refractivity contribution in [1.29, 1.82) is 0 Å². The zero-order chi connectivity index (χ0) is 47.2. The topological polar surface area (TPSA) is 6.48 Å². The van der Waals surface area contributed by atoms with E-state index in [9.17, 15) is 0 Å². The van der Waals surface area contributed by atoms with Crippen LogP contribution in [0.15, 0.2) is 97.1 Å². The molecule has 0 radical (unpaired) electrons. The molecule has 0 N–H and O–H groups in total. The maximum absolute atomic E-state index is 2.76. The molecule has 5 aliphatic rings. The number of benzene rings is 6. The number of nitrogens with zero attached hydrogens (tertiary/aromatic N) is 2. The van der Waals surface area contributed by atoms with E-state index in [0.717, 1.165) is 6.42 Å². The van der Waals surface area contributed by atoms with E-state index in [1.54, 1.807) is 0 Å². The third kappa shape index (κ3) is 5.99. The Hall–Kier alpha value is -5.02. The van der Waals surface area contributed by atoms with E-state index in [1.165, 1.54) is 125 Å². The predicted molar refractivity (Wildman–Crippen MR) is 286 cm³/mol. The lowest BCUT2D eigenvalue weighted by Crippen LogP contribution is -2.62. The molecule has 66 heavy (non-hydrogen) atoms. The van der Waals surface area contributed by atoms with E-state index in [-0.39, 0.29) is 44.6 Å². The van der Waals surface area contributed by atoms with E-state index < -0.39 is 0 Å². The van der Waals surface area contributed by atoms with Gasteiger partial charge in [-0.25, -0.2) is 0 Å². The molecule has 0 bridgehead atoms. The van der Waals surface area contributed by atoms with Gasteiger partial charge in [-0.3, -0.25) is 0 Å². The summed E-state index contributed by atoms with van der Waals surface area (Å²) in [5, 5.41) is 0. The molecule has 2 heterocycles. The van der Waals surface area contributed by atoms with Crippen molar-refractivity contribution in [2.24, 2.45) is 0 Å². The van der Waals surface area contributed by atoms with Crippen molar-refractivity contribution in [2.75, 3.05) is 9.80 Å². The van der Waals surface area contributed by atoms with Gasteiger partial charge in [-0.15, -0.1) is 0 Å². The molecule has 0 aromatic heterocycles. The first-order valence-electron chi connectivity index (χ1n) is 25.1. The lowest BCUT2D eigenvalue weighted by atomic mass is 9.33. The van der Waals surface area contributed by atoms with Crippen molar-refractivity contribution in [3.8, 4) is 11.1 Å². The van der Waals surface area contributed by atoms with Gasteiger partial charge in [-0.1, -0.05) is 171 Å². The molecule has 2 nitrogen and oxygen atoms in total. The van der Waals surface area contributed by atoms with Gasteiger partial charge in [0.05, 0.1) is 5.69 Å². The fourth-order valence-electron chi connectivity index (χ4n) is 13.7. The van der Waals surface area contributed by atoms with Crippen LogP contribution in [0.1, 0.15) is 180 Å². The third-order valence-corrected chi connectivity index (χ3v) is 17.5. The van der Waals surface area contributed by atoms with E-state index in [0.29, 0.717) is 0 Å². The van der Waals surface area contributed by atoms with Crippen LogP contribution in [0.4, 0.5) is 34.1 Å². The minimum Gasteiger partial charge on any atom is -0.311 e. The van der Waals surface area contributed by atoms with Crippen molar-refractivity contribution in [1.82, 2.24) is 0 Å². The van der Waals surface area contributed by atoms with E-state index in [2.05, 4.69) is 225 Å². The molecule has 338 valence electrons. The van der Waals surface area contributed by atoms with Crippen LogP contribution < -0.4 is 26.2 Å². The van der Waals surface area contributed by atoms with Crippen molar-refractivity contribution < 1.29 is 0 Å². The van der Waals surface area contributed by atoms with Crippen LogP contribution in [-0.4, -0.2) is 6.71 Å². The average Bonchev–Trinajstić information content (AvgIpc) is 3.57. The summed E-state index contributed by atoms with van der Waals surface area (Å²) in [4.78, 5) is 5.48. The van der Waals surface area contributed by atoms with Crippen LogP contribution in [0.25, 0.3) is 11.1 Å². The van der Waals surface area contributed by atoms with Crippen LogP contribution in [0, 0.1) is 6.92 Å². The Morgan fingerprint density at radius 2 is 0.955 bits per heavy atom. The Labute approximate surface area is 398 Å². The fraction of sp³-hybridized carbons (Fsp3) is 0.429. The van der Waals surface area contributed by atoms with Crippen molar-refractivity contribution in [2.45, 2.75) is 175 Å². The first-order valence-corrected chi connectivity index (χ1v) is 25.1. The van der Waals surface area contributed by atoms with Crippen molar-refractivity contribution in [3.63, 3.8) is 0 Å². The maximum atomic E-state index is 2.76. The van der Waals surface area contributed by atoms with Gasteiger partial charge in [0.1, 0.15) is 0 Å². The second-order valence-electron chi connectivity index (χ2n) is 26.5. The lowest BCUT2D eigenvalue weighted by Gasteiger charge is -2.47. The van der Waals surface area contributed by atoms with Gasteiger partial charge in [-0.05, 0) is 167 Å². The zero-order valence-corrected chi connectivity index (χ0v) is 43.3. The molecule has 2 aliphatic heterocycles. The molecule has 0 spiro atoms. The van der Waals surface area contributed by atoms with Gasteiger partial charge in [-0.2, -0.15) is 0 Å². The minimum atomic E-state index is -0.119. The molecule has 0 amide bonds. The smallest absolute Gasteiger partial charge is 0.252 e.